The number of hydrogen-bond donors (Lipinski definition) is 2. The highest BCUT2D eigenvalue weighted by Gasteiger charge is 2.32. The Morgan fingerprint density at radius 2 is 1.96 bits per heavy atom. The van der Waals surface area contributed by atoms with Crippen LogP contribution in [-0.4, -0.2) is 43.6 Å². The van der Waals surface area contributed by atoms with Crippen molar-refractivity contribution in [1.29, 1.82) is 0 Å². The summed E-state index contributed by atoms with van der Waals surface area (Å²) >= 11 is 0. The van der Waals surface area contributed by atoms with Crippen LogP contribution in [0.3, 0.4) is 0 Å². The molecule has 9 heteroatoms. The summed E-state index contributed by atoms with van der Waals surface area (Å²) in [6.07, 6.45) is 1.66. The third-order valence-corrected chi connectivity index (χ3v) is 4.33. The number of nitrogens with one attached hydrogen (secondary N) is 3. The number of aromatic amines is 1. The van der Waals surface area contributed by atoms with Crippen molar-refractivity contribution in [2.45, 2.75) is 0 Å². The molecule has 3 N–H and O–H groups in total. The molecule has 0 radical (unpaired) electrons. The summed E-state index contributed by atoms with van der Waals surface area (Å²) in [5.74, 6) is 0.00109. The molecule has 0 saturated carbocycles. The van der Waals surface area contributed by atoms with Crippen LogP contribution in [-0.2, 0) is 4.79 Å². The number of nitrogens with zero attached hydrogens (tertiary/aromatic N) is 2. The SMILES string of the molecule is O=C(C[NH+]1CCN(c2[nH+]cccc2[N+](=O)[O-])CC1)Nc1ccc(F)cc1. The number of hydrogen-bond acceptors (Lipinski definition) is 4. The van der Waals surface area contributed by atoms with Gasteiger partial charge in [-0.25, -0.2) is 14.3 Å². The molecule has 2 heterocycles. The van der Waals surface area contributed by atoms with Crippen molar-refractivity contribution in [3.05, 3.63) is 58.5 Å². The van der Waals surface area contributed by atoms with Gasteiger partial charge in [0.2, 0.25) is 0 Å². The summed E-state index contributed by atoms with van der Waals surface area (Å²) in [5.41, 5.74) is 0.606. The normalized spacial score (nSPS) is 14.9. The maximum Gasteiger partial charge on any atom is 0.357 e. The van der Waals surface area contributed by atoms with Gasteiger partial charge in [-0.15, -0.1) is 0 Å². The summed E-state index contributed by atoms with van der Waals surface area (Å²) in [4.78, 5) is 28.8. The number of nitro groups is 1. The number of halogens is 1. The molecule has 1 aromatic carbocycles. The molecule has 0 aliphatic carbocycles. The Kier molecular flexibility index (Phi) is 5.37. The van der Waals surface area contributed by atoms with Crippen LogP contribution in [0, 0.1) is 15.9 Å². The first-order chi connectivity index (χ1) is 12.5. The van der Waals surface area contributed by atoms with Crippen molar-refractivity contribution < 1.29 is 24.0 Å². The van der Waals surface area contributed by atoms with Crippen LogP contribution in [0.25, 0.3) is 0 Å². The highest BCUT2D eigenvalue weighted by molar-refractivity contribution is 5.91. The second kappa shape index (κ2) is 7.87. The van der Waals surface area contributed by atoms with E-state index in [2.05, 4.69) is 10.3 Å². The fourth-order valence-corrected chi connectivity index (χ4v) is 3.01. The number of aromatic nitrogens is 1. The zero-order valence-corrected chi connectivity index (χ0v) is 14.1. The van der Waals surface area contributed by atoms with E-state index >= 15 is 0 Å². The van der Waals surface area contributed by atoms with E-state index < -0.39 is 4.92 Å². The fourth-order valence-electron chi connectivity index (χ4n) is 3.01. The molecule has 1 saturated heterocycles. The molecule has 2 aromatic rings. The summed E-state index contributed by atoms with van der Waals surface area (Å²) in [6, 6.07) is 8.70. The van der Waals surface area contributed by atoms with Crippen LogP contribution in [0.4, 0.5) is 21.6 Å². The van der Waals surface area contributed by atoms with E-state index in [9.17, 15) is 19.3 Å². The van der Waals surface area contributed by atoms with Gasteiger partial charge in [0.1, 0.15) is 32.0 Å². The molecule has 0 bridgehead atoms. The van der Waals surface area contributed by atoms with Crippen molar-refractivity contribution in [2.75, 3.05) is 42.9 Å². The monoisotopic (exact) mass is 361 g/mol. The minimum absolute atomic E-state index is 0.0463. The Balaban J connectivity index is 1.53. The van der Waals surface area contributed by atoms with Crippen molar-refractivity contribution in [3.63, 3.8) is 0 Å². The Morgan fingerprint density at radius 3 is 2.62 bits per heavy atom. The molecule has 1 amide bonds. The second-order valence-corrected chi connectivity index (χ2v) is 6.13. The number of carbonyl (C=O) groups is 1. The molecule has 26 heavy (non-hydrogen) atoms. The molecule has 0 spiro atoms. The molecule has 8 nitrogen and oxygen atoms in total. The van der Waals surface area contributed by atoms with Gasteiger partial charge >= 0.3 is 11.5 Å². The summed E-state index contributed by atoms with van der Waals surface area (Å²) in [5, 5.41) is 13.9. The second-order valence-electron chi connectivity index (χ2n) is 6.13. The highest BCUT2D eigenvalue weighted by Crippen LogP contribution is 2.21. The number of pyridine rings is 1. The van der Waals surface area contributed by atoms with Gasteiger partial charge in [0.05, 0.1) is 11.1 Å². The first kappa shape index (κ1) is 17.7. The van der Waals surface area contributed by atoms with Gasteiger partial charge < -0.3 is 10.2 Å². The Morgan fingerprint density at radius 1 is 1.27 bits per heavy atom. The molecule has 0 unspecified atom stereocenters. The van der Waals surface area contributed by atoms with Gasteiger partial charge in [-0.2, -0.15) is 0 Å². The van der Waals surface area contributed by atoms with Gasteiger partial charge in [0.25, 0.3) is 5.91 Å². The molecular weight excluding hydrogens is 341 g/mol. The average molecular weight is 361 g/mol. The van der Waals surface area contributed by atoms with E-state index in [1.165, 1.54) is 30.3 Å². The van der Waals surface area contributed by atoms with Crippen LogP contribution in [0.15, 0.2) is 42.6 Å². The number of rotatable bonds is 5. The summed E-state index contributed by atoms with van der Waals surface area (Å²) in [7, 11) is 0. The van der Waals surface area contributed by atoms with E-state index in [1.54, 1.807) is 12.3 Å². The summed E-state index contributed by atoms with van der Waals surface area (Å²) in [6.45, 7) is 2.90. The molecule has 3 rings (SSSR count). The molecule has 1 aliphatic heterocycles. The third kappa shape index (κ3) is 4.31. The maximum absolute atomic E-state index is 12.9. The first-order valence-electron chi connectivity index (χ1n) is 8.32. The quantitative estimate of drug-likeness (QED) is 0.574. The van der Waals surface area contributed by atoms with Crippen LogP contribution in [0.1, 0.15) is 0 Å². The lowest BCUT2D eigenvalue weighted by molar-refractivity contribution is -0.892. The minimum Gasteiger partial charge on any atom is -0.321 e. The van der Waals surface area contributed by atoms with E-state index in [4.69, 9.17) is 0 Å². The predicted molar refractivity (Wildman–Crippen MR) is 92.5 cm³/mol. The molecular formula is C17H20FN5O3+2. The lowest BCUT2D eigenvalue weighted by atomic mass is 10.2. The van der Waals surface area contributed by atoms with Gasteiger partial charge in [-0.05, 0) is 30.3 Å². The smallest absolute Gasteiger partial charge is 0.321 e. The van der Waals surface area contributed by atoms with Crippen LogP contribution < -0.4 is 20.1 Å². The Hall–Kier alpha value is -3.07. The van der Waals surface area contributed by atoms with E-state index in [0.29, 0.717) is 44.2 Å². The molecule has 136 valence electrons. The number of benzene rings is 1. The van der Waals surface area contributed by atoms with E-state index in [0.717, 1.165) is 4.90 Å². The molecule has 1 aliphatic rings. The standard InChI is InChI=1S/C17H18FN5O3/c18-13-3-5-14(6-4-13)20-16(24)12-21-8-10-22(11-9-21)17-15(23(25)26)2-1-7-19-17/h1-7H,8-12H2,(H,20,24)/p+2. The lowest BCUT2D eigenvalue weighted by Crippen LogP contribution is -3.15. The topological polar surface area (TPSA) is 94.1 Å². The minimum atomic E-state index is -0.402. The third-order valence-electron chi connectivity index (χ3n) is 4.33. The van der Waals surface area contributed by atoms with Crippen LogP contribution in [0.5, 0.6) is 0 Å². The number of carbonyl (C=O) groups excluding carboxylic acids is 1. The number of amides is 1. The number of anilines is 2. The number of quaternary nitrogens is 1. The largest absolute Gasteiger partial charge is 0.357 e. The van der Waals surface area contributed by atoms with Crippen molar-refractivity contribution in [1.82, 2.24) is 0 Å². The van der Waals surface area contributed by atoms with Gasteiger partial charge in [0.15, 0.2) is 6.54 Å². The zero-order chi connectivity index (χ0) is 18.5. The van der Waals surface area contributed by atoms with Crippen molar-refractivity contribution in [3.8, 4) is 0 Å². The number of H-pyrrole nitrogens is 1. The van der Waals surface area contributed by atoms with Crippen molar-refractivity contribution in [2.24, 2.45) is 0 Å². The molecule has 0 atom stereocenters. The number of piperazine rings is 1. The predicted octanol–water partition coefficient (Wildman–Crippen LogP) is -0.108. The van der Waals surface area contributed by atoms with Gasteiger partial charge in [-0.3, -0.25) is 14.9 Å². The fraction of sp³-hybridized carbons (Fsp3) is 0.294. The first-order valence-corrected chi connectivity index (χ1v) is 8.32. The van der Waals surface area contributed by atoms with Crippen LogP contribution >= 0.6 is 0 Å². The average Bonchev–Trinajstić information content (AvgIpc) is 2.64. The van der Waals surface area contributed by atoms with Crippen LogP contribution in [0.2, 0.25) is 0 Å². The molecule has 1 fully saturated rings. The van der Waals surface area contributed by atoms with E-state index in [-0.39, 0.29) is 17.4 Å². The maximum atomic E-state index is 12.9. The van der Waals surface area contributed by atoms with Gasteiger partial charge in [-0.1, -0.05) is 0 Å². The highest BCUT2D eigenvalue weighted by atomic mass is 19.1. The molecule has 1 aromatic heterocycles. The van der Waals surface area contributed by atoms with Gasteiger partial charge in [0, 0.05) is 11.8 Å². The van der Waals surface area contributed by atoms with Crippen molar-refractivity contribution >= 4 is 23.1 Å². The Labute approximate surface area is 149 Å². The zero-order valence-electron chi connectivity index (χ0n) is 14.1. The lowest BCUT2D eigenvalue weighted by Gasteiger charge is -2.27. The van der Waals surface area contributed by atoms with E-state index in [1.807, 2.05) is 4.90 Å². The summed E-state index contributed by atoms with van der Waals surface area (Å²) < 4.78 is 12.9. The Bertz CT molecular complexity index is 791.